The standard InChI is InChI=1S/C31H41N5O3.C30H39N5O3.C29H38N4O2/c1-18-11-19-13-20(12-18)15-23(14-19)34-21-7-6-8-22(34)17-24(16-21)35-26-10-5-4-9-25(26)32-27(28(35)37)36-29(38)31(2,3)33-30(36)39;1-30(2)28(37)35(29(38)32-30)26-27(36)34(25-12-4-3-11-24(25)31-26)23-16-20-9-6-10-21(17-23)33(20)22-14-18-7-5-8-19(13-18)15-22;34-27-12-5-13-31(27)28-29(35)33(26-11-2-1-10-25(26)30-28)24-17-21-8-4-9-22(18-24)32(21)23-15-19-6-3-7-20(14-19)16-23/h4-5,9-10,18-24H,6-8,11-17H2,1-3H3,(H,33,39);3-4,11-12,18-23H,5-10,13-17H2,1-2H3,(H,32,38);1-2,10-11,19-24H,3-9,12-18H2. The fourth-order valence-corrected chi connectivity index (χ4v) is 26.6. The summed E-state index contributed by atoms with van der Waals surface area (Å²) in [5, 5.41) is 5.40. The van der Waals surface area contributed by atoms with Crippen molar-refractivity contribution in [3.8, 4) is 0 Å². The molecule has 15 aliphatic rings. The first-order valence-electron chi connectivity index (χ1n) is 44.1. The van der Waals surface area contributed by atoms with Crippen molar-refractivity contribution in [1.29, 1.82) is 0 Å². The summed E-state index contributed by atoms with van der Waals surface area (Å²) in [4.78, 5) is 133. The lowest BCUT2D eigenvalue weighted by Gasteiger charge is -2.55. The second kappa shape index (κ2) is 29.5. The summed E-state index contributed by atoms with van der Waals surface area (Å²) < 4.78 is 5.80. The first-order chi connectivity index (χ1) is 54.1. The lowest BCUT2D eigenvalue weighted by Crippen LogP contribution is -2.59. The maximum atomic E-state index is 14.2. The third kappa shape index (κ3) is 13.5. The first-order valence-corrected chi connectivity index (χ1v) is 44.1. The van der Waals surface area contributed by atoms with Gasteiger partial charge in [0, 0.05) is 85.5 Å². The maximum absolute atomic E-state index is 14.2. The minimum absolute atomic E-state index is 0.0209. The number of imide groups is 2. The first kappa shape index (κ1) is 74.4. The second-order valence-electron chi connectivity index (χ2n) is 39.0. The van der Waals surface area contributed by atoms with Crippen molar-refractivity contribution >= 4 is 80.3 Å². The van der Waals surface area contributed by atoms with Gasteiger partial charge in [-0.25, -0.2) is 34.3 Å². The zero-order valence-corrected chi connectivity index (χ0v) is 66.8. The number of aromatic nitrogens is 6. The minimum atomic E-state index is -1.07. The molecule has 112 heavy (non-hydrogen) atoms. The smallest absolute Gasteiger partial charge is 0.323 e. The van der Waals surface area contributed by atoms with E-state index in [2.05, 4.69) is 42.2 Å². The van der Waals surface area contributed by atoms with E-state index in [0.717, 1.165) is 124 Å². The predicted octanol–water partition coefficient (Wildman–Crippen LogP) is 14.8. The van der Waals surface area contributed by atoms with Gasteiger partial charge in [-0.3, -0.25) is 48.4 Å². The van der Waals surface area contributed by atoms with Gasteiger partial charge in [-0.2, -0.15) is 0 Å². The molecule has 3 aromatic carbocycles. The van der Waals surface area contributed by atoms with Crippen molar-refractivity contribution in [1.82, 2.24) is 54.0 Å². The van der Waals surface area contributed by atoms with Gasteiger partial charge >= 0.3 is 12.1 Å². The molecule has 0 radical (unpaired) electrons. The molecule has 15 fully saturated rings. The van der Waals surface area contributed by atoms with Crippen molar-refractivity contribution in [2.45, 2.75) is 337 Å². The van der Waals surface area contributed by atoms with Gasteiger partial charge in [-0.05, 0) is 260 Å². The van der Waals surface area contributed by atoms with Crippen LogP contribution in [0.15, 0.2) is 87.2 Å². The maximum Gasteiger partial charge on any atom is 0.331 e. The van der Waals surface area contributed by atoms with E-state index in [1.807, 2.05) is 86.5 Å². The number of hydrogen-bond acceptors (Lipinski definition) is 14. The van der Waals surface area contributed by atoms with E-state index in [0.29, 0.717) is 78.2 Å². The Morgan fingerprint density at radius 1 is 0.330 bits per heavy atom. The summed E-state index contributed by atoms with van der Waals surface area (Å²) in [6.45, 7) is 9.66. The number of nitrogens with one attached hydrogen (secondary N) is 2. The number of para-hydroxylation sites is 6. The quantitative estimate of drug-likeness (QED) is 0.128. The third-order valence-electron chi connectivity index (χ3n) is 30.7. The molecule has 12 heterocycles. The van der Waals surface area contributed by atoms with Gasteiger partial charge in [0.15, 0.2) is 0 Å². The van der Waals surface area contributed by atoms with Crippen LogP contribution in [0.25, 0.3) is 33.1 Å². The van der Waals surface area contributed by atoms with Gasteiger partial charge in [0.25, 0.3) is 28.5 Å². The number of urea groups is 2. The predicted molar refractivity (Wildman–Crippen MR) is 434 cm³/mol. The number of benzene rings is 3. The molecule has 2 N–H and O–H groups in total. The van der Waals surface area contributed by atoms with Crippen molar-refractivity contribution in [3.63, 3.8) is 0 Å². The van der Waals surface area contributed by atoms with Crippen LogP contribution in [0.2, 0.25) is 0 Å². The minimum Gasteiger partial charge on any atom is -0.323 e. The average Bonchev–Trinajstić information content (AvgIpc) is 1.56. The largest absolute Gasteiger partial charge is 0.331 e. The molecular weight excluding hydrogens is 1410 g/mol. The van der Waals surface area contributed by atoms with Crippen molar-refractivity contribution in [3.05, 3.63) is 104 Å². The van der Waals surface area contributed by atoms with E-state index in [1.54, 1.807) is 32.6 Å². The number of carbonyl (C=O) groups excluding carboxylic acids is 5. The van der Waals surface area contributed by atoms with Crippen LogP contribution >= 0.6 is 0 Å². The molecule has 0 spiro atoms. The molecule has 22 heteroatoms. The number of nitrogens with zero attached hydrogens (tertiary/aromatic N) is 12. The highest BCUT2D eigenvalue weighted by molar-refractivity contribution is 6.23. The Bertz CT molecular complexity index is 4790. The normalized spacial score (nSPS) is 35.6. The SMILES string of the molecule is CC1(C)NC(=O)N(c2nc3ccccc3n(C3CC4CCCC(C3)N4C3CC4CCCC(C4)C3)c2=O)C1=O.CC1CC2CC(C1)CC(N1C3CCCC1CC(n1c(=O)c(N4C(=O)NC(C)(C)C4=O)nc4ccccc41)C3)C2.O=C1CCCN1c1nc2ccccc2n(C2CC3CCCC(C2)N3C2CC3CCCC(C3)C2)c1=O. The third-order valence-corrected chi connectivity index (χ3v) is 30.7. The van der Waals surface area contributed by atoms with E-state index in [9.17, 15) is 38.4 Å². The van der Waals surface area contributed by atoms with Crippen molar-refractivity contribution in [2.24, 2.45) is 41.4 Å². The van der Waals surface area contributed by atoms with E-state index in [-0.39, 0.29) is 52.3 Å². The Labute approximate surface area is 657 Å². The molecule has 12 bridgehead atoms. The van der Waals surface area contributed by atoms with Gasteiger partial charge in [0.05, 0.1) is 33.1 Å². The number of carbonyl (C=O) groups is 5. The summed E-state index contributed by atoms with van der Waals surface area (Å²) in [6, 6.07) is 27.6. The van der Waals surface area contributed by atoms with Gasteiger partial charge < -0.3 is 24.3 Å². The number of hydrogen-bond donors (Lipinski definition) is 2. The molecule has 7 amide bonds. The molecule has 3 aromatic heterocycles. The molecule has 596 valence electrons. The molecule has 6 aliphatic carbocycles. The Morgan fingerprint density at radius 2 is 0.634 bits per heavy atom. The Kier molecular flexibility index (Phi) is 19.6. The van der Waals surface area contributed by atoms with Crippen LogP contribution in [-0.4, -0.2) is 145 Å². The van der Waals surface area contributed by atoms with Crippen LogP contribution < -0.4 is 42.0 Å². The molecule has 9 aliphatic heterocycles. The van der Waals surface area contributed by atoms with Crippen LogP contribution in [-0.2, 0) is 14.4 Å². The second-order valence-corrected chi connectivity index (χ2v) is 39.0. The van der Waals surface area contributed by atoms with Crippen LogP contribution in [0.1, 0.15) is 271 Å². The topological polar surface area (TPSA) is 234 Å². The van der Waals surface area contributed by atoms with E-state index in [4.69, 9.17) is 4.98 Å². The highest BCUT2D eigenvalue weighted by Crippen LogP contribution is 2.53. The van der Waals surface area contributed by atoms with Crippen LogP contribution in [0.5, 0.6) is 0 Å². The van der Waals surface area contributed by atoms with Gasteiger partial charge in [0.2, 0.25) is 23.4 Å². The molecule has 12 unspecified atom stereocenters. The summed E-state index contributed by atoms with van der Waals surface area (Å²) in [5.41, 5.74) is 1.73. The molecule has 12 atom stereocenters. The number of anilines is 3. The van der Waals surface area contributed by atoms with Gasteiger partial charge in [-0.15, -0.1) is 0 Å². The van der Waals surface area contributed by atoms with E-state index in [1.165, 1.54) is 167 Å². The lowest BCUT2D eigenvalue weighted by molar-refractivity contribution is -0.121. The van der Waals surface area contributed by atoms with Gasteiger partial charge in [-0.1, -0.05) is 101 Å². The summed E-state index contributed by atoms with van der Waals surface area (Å²) in [6.07, 6.45) is 42.0. The fraction of sp³-hybridized carbons (Fsp3) is 0.678. The van der Waals surface area contributed by atoms with Crippen LogP contribution in [0, 0.1) is 41.4 Å². The number of fused-ring (bicyclic) bond motifs is 15. The molecule has 6 saturated carbocycles. The number of amides is 7. The molecule has 21 rings (SSSR count). The average molecular weight is 1520 g/mol. The summed E-state index contributed by atoms with van der Waals surface area (Å²) in [5.74, 6) is 5.64. The zero-order valence-electron chi connectivity index (χ0n) is 66.8. The Balaban J connectivity index is 0.000000113. The Morgan fingerprint density at radius 3 is 0.955 bits per heavy atom. The highest BCUT2D eigenvalue weighted by Gasteiger charge is 2.53. The number of rotatable bonds is 9. The highest BCUT2D eigenvalue weighted by atomic mass is 16.2. The summed E-state index contributed by atoms with van der Waals surface area (Å²) in [7, 11) is 0. The molecule has 6 aromatic rings. The molecule has 9 saturated heterocycles. The van der Waals surface area contributed by atoms with Crippen LogP contribution in [0.3, 0.4) is 0 Å². The monoisotopic (exact) mass is 1520 g/mol. The zero-order chi connectivity index (χ0) is 76.8. The van der Waals surface area contributed by atoms with E-state index < -0.39 is 35.0 Å². The van der Waals surface area contributed by atoms with Gasteiger partial charge in [0.1, 0.15) is 11.1 Å². The molecule has 22 nitrogen and oxygen atoms in total. The van der Waals surface area contributed by atoms with Crippen molar-refractivity contribution in [2.75, 3.05) is 21.2 Å². The summed E-state index contributed by atoms with van der Waals surface area (Å²) >= 11 is 0. The van der Waals surface area contributed by atoms with E-state index >= 15 is 0 Å². The lowest BCUT2D eigenvalue weighted by atomic mass is 9.65. The fourth-order valence-electron chi connectivity index (χ4n) is 26.6. The number of piperidine rings is 6. The molecular formula is C90H118N14O8. The van der Waals surface area contributed by atoms with Crippen LogP contribution in [0.4, 0.5) is 27.0 Å². The van der Waals surface area contributed by atoms with Crippen molar-refractivity contribution < 1.29 is 24.0 Å². The Hall–Kier alpha value is -7.69.